The standard InChI is InChI=1S/C12H22N6O4/c1-6(2)22-5-7(19)4-18-8-9(14-11(18)16-13)17(3)12(21)15-10(8)20/h6-9,19H,4-5,13H2,1-3H3,(H,14,16)(H,15,20,21). The number of imide groups is 1. The lowest BCUT2D eigenvalue weighted by atomic mass is 10.1. The van der Waals surface area contributed by atoms with E-state index in [2.05, 4.69) is 15.7 Å². The molecule has 124 valence electrons. The highest BCUT2D eigenvalue weighted by molar-refractivity contribution is 6.03. The molecule has 10 heteroatoms. The molecular weight excluding hydrogens is 292 g/mol. The van der Waals surface area contributed by atoms with E-state index in [-0.39, 0.29) is 25.2 Å². The summed E-state index contributed by atoms with van der Waals surface area (Å²) in [5, 5.41) is 12.3. The van der Waals surface area contributed by atoms with E-state index in [0.717, 1.165) is 0 Å². The Morgan fingerprint density at radius 2 is 2.18 bits per heavy atom. The van der Waals surface area contributed by atoms with E-state index in [0.29, 0.717) is 0 Å². The minimum Gasteiger partial charge on any atom is -0.389 e. The molecule has 0 aromatic rings. The van der Waals surface area contributed by atoms with Crippen LogP contribution in [0.5, 0.6) is 0 Å². The molecular formula is C12H22N6O4. The molecule has 2 aliphatic heterocycles. The van der Waals surface area contributed by atoms with Crippen LogP contribution in [0.2, 0.25) is 0 Å². The molecule has 5 N–H and O–H groups in total. The first kappa shape index (κ1) is 16.5. The Labute approximate surface area is 128 Å². The Morgan fingerprint density at radius 1 is 1.50 bits per heavy atom. The molecule has 3 unspecified atom stereocenters. The number of urea groups is 1. The molecule has 0 aromatic heterocycles. The number of amides is 3. The molecule has 2 aliphatic rings. The number of aliphatic hydroxyl groups excluding tert-OH is 1. The maximum Gasteiger partial charge on any atom is 0.325 e. The summed E-state index contributed by atoms with van der Waals surface area (Å²) < 4.78 is 5.35. The summed E-state index contributed by atoms with van der Waals surface area (Å²) in [4.78, 5) is 30.8. The van der Waals surface area contributed by atoms with Crippen molar-refractivity contribution in [3.8, 4) is 0 Å². The van der Waals surface area contributed by atoms with Gasteiger partial charge >= 0.3 is 6.03 Å². The Balaban J connectivity index is 2.11. The molecule has 0 radical (unpaired) electrons. The minimum atomic E-state index is -0.824. The average molecular weight is 314 g/mol. The average Bonchev–Trinajstić information content (AvgIpc) is 2.82. The molecule has 0 aromatic carbocycles. The van der Waals surface area contributed by atoms with E-state index in [9.17, 15) is 14.7 Å². The highest BCUT2D eigenvalue weighted by atomic mass is 16.5. The van der Waals surface area contributed by atoms with Crippen molar-refractivity contribution in [3.05, 3.63) is 0 Å². The number of aliphatic imine (C=N–C) groups is 1. The summed E-state index contributed by atoms with van der Waals surface area (Å²) in [6.07, 6.45) is -1.51. The molecule has 2 rings (SSSR count). The number of hydrogen-bond acceptors (Lipinski definition) is 8. The molecule has 0 bridgehead atoms. The second kappa shape index (κ2) is 6.46. The first-order valence-corrected chi connectivity index (χ1v) is 7.03. The largest absolute Gasteiger partial charge is 0.389 e. The van der Waals surface area contributed by atoms with E-state index >= 15 is 0 Å². The molecule has 1 fully saturated rings. The van der Waals surface area contributed by atoms with Crippen LogP contribution in [0.1, 0.15) is 13.8 Å². The van der Waals surface area contributed by atoms with Gasteiger partial charge in [0, 0.05) is 7.05 Å². The molecule has 3 amide bonds. The van der Waals surface area contributed by atoms with Crippen molar-refractivity contribution in [1.29, 1.82) is 0 Å². The number of hydrogen-bond donors (Lipinski definition) is 4. The summed E-state index contributed by atoms with van der Waals surface area (Å²) in [6.45, 7) is 3.95. The van der Waals surface area contributed by atoms with Crippen molar-refractivity contribution in [3.63, 3.8) is 0 Å². The Hall–Kier alpha value is -1.91. The van der Waals surface area contributed by atoms with E-state index < -0.39 is 30.2 Å². The number of rotatable bonds is 5. The fraction of sp³-hybridized carbons (Fsp3) is 0.750. The number of carbonyl (C=O) groups excluding carboxylic acids is 2. The van der Waals surface area contributed by atoms with Gasteiger partial charge in [0.05, 0.1) is 25.4 Å². The van der Waals surface area contributed by atoms with E-state index in [1.165, 1.54) is 9.80 Å². The van der Waals surface area contributed by atoms with Crippen LogP contribution in [0.3, 0.4) is 0 Å². The van der Waals surface area contributed by atoms with Crippen molar-refractivity contribution in [1.82, 2.24) is 20.5 Å². The van der Waals surface area contributed by atoms with Crippen LogP contribution in [-0.4, -0.2) is 77.4 Å². The molecule has 2 heterocycles. The van der Waals surface area contributed by atoms with Crippen molar-refractivity contribution in [2.45, 2.75) is 38.3 Å². The summed E-state index contributed by atoms with van der Waals surface area (Å²) >= 11 is 0. The summed E-state index contributed by atoms with van der Waals surface area (Å²) in [6, 6.07) is -1.25. The maximum atomic E-state index is 12.1. The van der Waals surface area contributed by atoms with Gasteiger partial charge < -0.3 is 19.6 Å². The van der Waals surface area contributed by atoms with Crippen molar-refractivity contribution >= 4 is 17.9 Å². The first-order chi connectivity index (χ1) is 10.3. The van der Waals surface area contributed by atoms with E-state index in [4.69, 9.17) is 10.6 Å². The number of ether oxygens (including phenoxy) is 1. The number of fused-ring (bicyclic) bond motifs is 1. The first-order valence-electron chi connectivity index (χ1n) is 7.03. The lowest BCUT2D eigenvalue weighted by Gasteiger charge is -2.36. The molecule has 0 aliphatic carbocycles. The molecule has 22 heavy (non-hydrogen) atoms. The highest BCUT2D eigenvalue weighted by Crippen LogP contribution is 2.23. The zero-order valence-corrected chi connectivity index (χ0v) is 12.8. The highest BCUT2D eigenvalue weighted by Gasteiger charge is 2.48. The number of aliphatic hydroxyl groups is 1. The van der Waals surface area contributed by atoms with Crippen LogP contribution in [-0.2, 0) is 9.53 Å². The monoisotopic (exact) mass is 314 g/mol. The SMILES string of the molecule is CC(C)OCC(O)CN1C(NN)=NC2C1C(=O)NC(=O)N2C. The molecule has 3 atom stereocenters. The van der Waals surface area contributed by atoms with Gasteiger partial charge in [-0.1, -0.05) is 0 Å². The predicted molar refractivity (Wildman–Crippen MR) is 77.4 cm³/mol. The van der Waals surface area contributed by atoms with Gasteiger partial charge in [0.25, 0.3) is 5.91 Å². The number of likely N-dealkylation sites (N-methyl/N-ethyl adjacent to an activating group) is 1. The lowest BCUT2D eigenvalue weighted by Crippen LogP contribution is -2.65. The smallest absolute Gasteiger partial charge is 0.325 e. The molecule has 0 saturated carbocycles. The third-order valence-electron chi connectivity index (χ3n) is 3.52. The number of nitrogens with two attached hydrogens (primary N) is 1. The van der Waals surface area contributed by atoms with Gasteiger partial charge in [-0.2, -0.15) is 0 Å². The Morgan fingerprint density at radius 3 is 2.77 bits per heavy atom. The Bertz CT molecular complexity index is 482. The summed E-state index contributed by atoms with van der Waals surface area (Å²) in [7, 11) is 1.54. The number of guanidine groups is 1. The predicted octanol–water partition coefficient (Wildman–Crippen LogP) is -2.22. The van der Waals surface area contributed by atoms with Gasteiger partial charge in [-0.25, -0.2) is 15.6 Å². The topological polar surface area (TPSA) is 133 Å². The van der Waals surface area contributed by atoms with Gasteiger partial charge in [0.15, 0.2) is 12.2 Å². The lowest BCUT2D eigenvalue weighted by molar-refractivity contribution is -0.127. The second-order valence-corrected chi connectivity index (χ2v) is 5.55. The number of hydrazine groups is 1. The third kappa shape index (κ3) is 3.13. The van der Waals surface area contributed by atoms with Crippen LogP contribution in [0.25, 0.3) is 0 Å². The third-order valence-corrected chi connectivity index (χ3v) is 3.52. The zero-order chi connectivity index (χ0) is 16.4. The van der Waals surface area contributed by atoms with Gasteiger partial charge in [0.2, 0.25) is 5.96 Å². The number of β-amino-alcohol motifs (C(OH)–C–C–N with tert-alkyl or cyclic N) is 1. The number of nitrogens with one attached hydrogen (secondary N) is 2. The van der Waals surface area contributed by atoms with Gasteiger partial charge in [0.1, 0.15) is 0 Å². The number of nitrogens with zero attached hydrogens (tertiary/aromatic N) is 3. The fourth-order valence-electron chi connectivity index (χ4n) is 2.43. The van der Waals surface area contributed by atoms with E-state index in [1.807, 2.05) is 13.8 Å². The normalized spacial score (nSPS) is 26.0. The number of carbonyl (C=O) groups is 2. The van der Waals surface area contributed by atoms with Gasteiger partial charge in [-0.3, -0.25) is 15.5 Å². The van der Waals surface area contributed by atoms with Crippen molar-refractivity contribution in [2.24, 2.45) is 10.8 Å². The van der Waals surface area contributed by atoms with Crippen molar-refractivity contribution in [2.75, 3.05) is 20.2 Å². The summed E-state index contributed by atoms with van der Waals surface area (Å²) in [5.41, 5.74) is 2.40. The Kier molecular flexibility index (Phi) is 4.84. The molecule has 1 saturated heterocycles. The van der Waals surface area contributed by atoms with Gasteiger partial charge in [-0.15, -0.1) is 0 Å². The van der Waals surface area contributed by atoms with Crippen LogP contribution < -0.4 is 16.6 Å². The summed E-state index contributed by atoms with van der Waals surface area (Å²) in [5.74, 6) is 5.20. The van der Waals surface area contributed by atoms with Crippen LogP contribution in [0.15, 0.2) is 4.99 Å². The molecule has 10 nitrogen and oxygen atoms in total. The quantitative estimate of drug-likeness (QED) is 0.334. The van der Waals surface area contributed by atoms with E-state index in [1.54, 1.807) is 7.05 Å². The maximum absolute atomic E-state index is 12.1. The van der Waals surface area contributed by atoms with Crippen molar-refractivity contribution < 1.29 is 19.4 Å². The second-order valence-electron chi connectivity index (χ2n) is 5.55. The zero-order valence-electron chi connectivity index (χ0n) is 12.8. The minimum absolute atomic E-state index is 0.0107. The molecule has 0 spiro atoms. The van der Waals surface area contributed by atoms with Crippen LogP contribution in [0.4, 0.5) is 4.79 Å². The fourth-order valence-corrected chi connectivity index (χ4v) is 2.43. The van der Waals surface area contributed by atoms with Crippen LogP contribution >= 0.6 is 0 Å². The van der Waals surface area contributed by atoms with Gasteiger partial charge in [-0.05, 0) is 13.8 Å². The van der Waals surface area contributed by atoms with Crippen LogP contribution in [0, 0.1) is 0 Å².